The van der Waals surface area contributed by atoms with Crippen molar-refractivity contribution in [3.8, 4) is 71.0 Å². The summed E-state index contributed by atoms with van der Waals surface area (Å²) in [6.45, 7) is 2.57. The van der Waals surface area contributed by atoms with Gasteiger partial charge in [-0.05, 0) is 72.5 Å². The number of phosphoric acid groups is 1. The third-order valence-electron chi connectivity index (χ3n) is 3.46. The second kappa shape index (κ2) is 20.0. The molecule has 8 nitrogen and oxygen atoms in total. The third kappa shape index (κ3) is 21.6. The minimum atomic E-state index is -4.80. The Morgan fingerprint density at radius 3 is 1.94 bits per heavy atom. The zero-order valence-corrected chi connectivity index (χ0v) is 19.9. The lowest BCUT2D eigenvalue weighted by atomic mass is 10.1. The number of unbranched alkanes of at least 4 members (excludes halogenated alkanes) is 4. The van der Waals surface area contributed by atoms with Crippen molar-refractivity contribution >= 4 is 19.8 Å². The van der Waals surface area contributed by atoms with Gasteiger partial charge in [0.2, 0.25) is 0 Å². The van der Waals surface area contributed by atoms with Gasteiger partial charge in [-0.2, -0.15) is 0 Å². The molecule has 9 heteroatoms. The van der Waals surface area contributed by atoms with E-state index in [9.17, 15) is 14.2 Å². The molecule has 0 aromatic carbocycles. The zero-order valence-electron chi connectivity index (χ0n) is 19.0. The molecule has 0 fully saturated rings. The van der Waals surface area contributed by atoms with Gasteiger partial charge in [0.15, 0.2) is 6.10 Å². The maximum atomic E-state index is 11.9. The highest BCUT2D eigenvalue weighted by atomic mass is 31.2. The fraction of sp³-hybridized carbons (Fsp3) is 0.440. The number of rotatable bonds is 12. The molecule has 0 saturated heterocycles. The minimum absolute atomic E-state index is 0.129. The molecule has 0 aliphatic carbocycles. The van der Waals surface area contributed by atoms with Gasteiger partial charge in [0.05, 0.1) is 6.61 Å². The van der Waals surface area contributed by atoms with Gasteiger partial charge in [0.25, 0.3) is 0 Å². The van der Waals surface area contributed by atoms with Crippen LogP contribution in [-0.2, 0) is 28.2 Å². The summed E-state index contributed by atoms with van der Waals surface area (Å²) in [5.41, 5.74) is 0. The number of ether oxygens (including phenoxy) is 2. The largest absolute Gasteiger partial charge is 0.469 e. The van der Waals surface area contributed by atoms with E-state index in [4.69, 9.17) is 19.3 Å². The van der Waals surface area contributed by atoms with Gasteiger partial charge in [-0.1, -0.05) is 38.5 Å². The van der Waals surface area contributed by atoms with Crippen molar-refractivity contribution in [3.05, 3.63) is 0 Å². The van der Waals surface area contributed by atoms with Gasteiger partial charge < -0.3 is 19.3 Å². The van der Waals surface area contributed by atoms with Crippen LogP contribution in [0.15, 0.2) is 0 Å². The lowest BCUT2D eigenvalue weighted by Gasteiger charge is -2.17. The zero-order chi connectivity index (χ0) is 25.5. The fourth-order valence-electron chi connectivity index (χ4n) is 2.01. The number of hydrogen-bond acceptors (Lipinski definition) is 6. The Morgan fingerprint density at radius 1 is 0.824 bits per heavy atom. The Hall–Kier alpha value is -3.59. The van der Waals surface area contributed by atoms with Crippen LogP contribution in [0.4, 0.5) is 0 Å². The number of carbonyl (C=O) groups is 2. The average Bonchev–Trinajstić information content (AvgIpc) is 2.78. The van der Waals surface area contributed by atoms with Gasteiger partial charge in [-0.3, -0.25) is 9.32 Å². The monoisotopic (exact) mass is 484 g/mol. The highest BCUT2D eigenvalue weighted by Gasteiger charge is 2.22. The van der Waals surface area contributed by atoms with E-state index in [-0.39, 0.29) is 6.42 Å². The smallest absolute Gasteiger partial charge is 0.456 e. The molecule has 0 aromatic rings. The number of phosphoric ester groups is 1. The quantitative estimate of drug-likeness (QED) is 0.142. The number of esters is 2. The molecule has 1 atom stereocenters. The molecule has 2 N–H and O–H groups in total. The predicted octanol–water partition coefficient (Wildman–Crippen LogP) is 1.95. The molecule has 0 radical (unpaired) electrons. The molecule has 0 heterocycles. The summed E-state index contributed by atoms with van der Waals surface area (Å²) in [5.74, 6) is 27.1. The van der Waals surface area contributed by atoms with Crippen molar-refractivity contribution in [2.45, 2.75) is 58.5 Å². The van der Waals surface area contributed by atoms with Crippen LogP contribution in [-0.4, -0.2) is 41.0 Å². The molecule has 0 bridgehead atoms. The van der Waals surface area contributed by atoms with Crippen LogP contribution >= 0.6 is 7.82 Å². The summed E-state index contributed by atoms with van der Waals surface area (Å²) in [6, 6.07) is 0. The van der Waals surface area contributed by atoms with E-state index in [0.29, 0.717) is 6.42 Å². The molecule has 0 unspecified atom stereocenters. The predicted molar refractivity (Wildman–Crippen MR) is 125 cm³/mol. The lowest BCUT2D eigenvalue weighted by molar-refractivity contribution is -0.158. The summed E-state index contributed by atoms with van der Waals surface area (Å²) in [7, 11) is -4.80. The molecular weight excluding hydrogens is 459 g/mol. The Bertz CT molecular complexity index is 1100. The second-order valence-corrected chi connectivity index (χ2v) is 7.53. The Kier molecular flexibility index (Phi) is 17.9. The summed E-state index contributed by atoms with van der Waals surface area (Å²) < 4.78 is 25.2. The van der Waals surface area contributed by atoms with Crippen molar-refractivity contribution in [2.75, 3.05) is 13.2 Å². The van der Waals surface area contributed by atoms with Crippen LogP contribution in [0.2, 0.25) is 0 Å². The van der Waals surface area contributed by atoms with Gasteiger partial charge in [0.1, 0.15) is 6.61 Å². The first-order chi connectivity index (χ1) is 16.3. The highest BCUT2D eigenvalue weighted by Crippen LogP contribution is 2.35. The van der Waals surface area contributed by atoms with Crippen molar-refractivity contribution in [3.63, 3.8) is 0 Å². The SMILES string of the molecule is CC#CC#CC#CC#CC#CC#CC(=O)OC[C@@H](COP(=O)(O)O)OC(=O)CCCCCCC. The first kappa shape index (κ1) is 30.4. The topological polar surface area (TPSA) is 119 Å². The van der Waals surface area contributed by atoms with E-state index < -0.39 is 39.1 Å². The van der Waals surface area contributed by atoms with E-state index in [1.165, 1.54) is 0 Å². The average molecular weight is 484 g/mol. The second-order valence-electron chi connectivity index (χ2n) is 6.29. The summed E-state index contributed by atoms with van der Waals surface area (Å²) in [4.78, 5) is 41.3. The van der Waals surface area contributed by atoms with E-state index >= 15 is 0 Å². The van der Waals surface area contributed by atoms with Gasteiger partial charge in [-0.25, -0.2) is 9.36 Å². The summed E-state index contributed by atoms with van der Waals surface area (Å²) >= 11 is 0. The molecule has 178 valence electrons. The highest BCUT2D eigenvalue weighted by molar-refractivity contribution is 7.46. The molecule has 0 aliphatic heterocycles. The van der Waals surface area contributed by atoms with Crippen LogP contribution in [0.3, 0.4) is 0 Å². The van der Waals surface area contributed by atoms with Crippen molar-refractivity contribution in [1.29, 1.82) is 0 Å². The van der Waals surface area contributed by atoms with Gasteiger partial charge in [0, 0.05) is 12.3 Å². The van der Waals surface area contributed by atoms with Crippen LogP contribution in [0, 0.1) is 71.0 Å². The maximum Gasteiger partial charge on any atom is 0.469 e. The molecule has 0 rings (SSSR count). The summed E-state index contributed by atoms with van der Waals surface area (Å²) in [5, 5.41) is 0. The fourth-order valence-corrected chi connectivity index (χ4v) is 2.37. The van der Waals surface area contributed by atoms with E-state index in [1.54, 1.807) is 6.92 Å². The van der Waals surface area contributed by atoms with Crippen LogP contribution < -0.4 is 0 Å². The Morgan fingerprint density at radius 2 is 1.38 bits per heavy atom. The van der Waals surface area contributed by atoms with Crippen molar-refractivity contribution in [2.24, 2.45) is 0 Å². The molecule has 34 heavy (non-hydrogen) atoms. The van der Waals surface area contributed by atoms with Crippen molar-refractivity contribution in [1.82, 2.24) is 0 Å². The van der Waals surface area contributed by atoms with Crippen LogP contribution in [0.1, 0.15) is 52.4 Å². The first-order valence-electron chi connectivity index (χ1n) is 10.3. The molecule has 0 spiro atoms. The first-order valence-corrected chi connectivity index (χ1v) is 11.8. The lowest BCUT2D eigenvalue weighted by Crippen LogP contribution is -2.29. The molecular formula is C25H25O8P. The minimum Gasteiger partial charge on any atom is -0.456 e. The standard InChI is InChI=1S/C25H25O8P/c1-3-5-7-9-10-11-12-13-14-16-17-19-24(26)31-21-23(22-32-34(28,29)30)33-25(27)20-18-15-8-6-4-2/h23H,4,6,8,15,18,20-22H2,1-2H3,(H2,28,29,30)/t23-/m0/s1. The molecule has 0 aromatic heterocycles. The van der Waals surface area contributed by atoms with E-state index in [1.807, 2.05) is 0 Å². The third-order valence-corrected chi connectivity index (χ3v) is 3.95. The van der Waals surface area contributed by atoms with Gasteiger partial charge >= 0.3 is 19.8 Å². The Balaban J connectivity index is 4.68. The Labute approximate surface area is 200 Å². The van der Waals surface area contributed by atoms with Crippen molar-refractivity contribution < 1.29 is 37.9 Å². The maximum absolute atomic E-state index is 11.9. The molecule has 0 aliphatic rings. The van der Waals surface area contributed by atoms with Crippen LogP contribution in [0.5, 0.6) is 0 Å². The number of hydrogen-bond donors (Lipinski definition) is 2. The van der Waals surface area contributed by atoms with Gasteiger partial charge in [-0.15, -0.1) is 0 Å². The van der Waals surface area contributed by atoms with E-state index in [2.05, 4.69) is 82.5 Å². The molecule has 0 amide bonds. The molecule has 0 saturated carbocycles. The summed E-state index contributed by atoms with van der Waals surface area (Å²) in [6.07, 6.45) is 3.53. The number of carbonyl (C=O) groups excluding carboxylic acids is 2. The normalized spacial score (nSPS) is 9.65. The van der Waals surface area contributed by atoms with E-state index in [0.717, 1.165) is 25.7 Å². The van der Waals surface area contributed by atoms with Crippen LogP contribution in [0.25, 0.3) is 0 Å².